The normalized spacial score (nSPS) is 13.6. The van der Waals surface area contributed by atoms with Crippen LogP contribution in [-0.4, -0.2) is 22.5 Å². The lowest BCUT2D eigenvalue weighted by molar-refractivity contribution is 0.328. The molecule has 0 aliphatic rings. The molecule has 0 radical (unpaired) electrons. The van der Waals surface area contributed by atoms with E-state index in [1.165, 1.54) is 6.33 Å². The second-order valence-electron chi connectivity index (χ2n) is 4.57. The van der Waals surface area contributed by atoms with Gasteiger partial charge in [-0.1, -0.05) is 20.8 Å². The molecule has 1 rings (SSSR count). The van der Waals surface area contributed by atoms with Crippen molar-refractivity contribution < 1.29 is 4.74 Å². The largest absolute Gasteiger partial charge is 0.481 e. The molecule has 4 heteroatoms. The van der Waals surface area contributed by atoms with E-state index in [2.05, 4.69) is 30.7 Å². The summed E-state index contributed by atoms with van der Waals surface area (Å²) < 4.78 is 5.05. The van der Waals surface area contributed by atoms with Crippen molar-refractivity contribution in [2.24, 2.45) is 5.41 Å². The summed E-state index contributed by atoms with van der Waals surface area (Å²) in [4.78, 5) is 8.17. The fourth-order valence-corrected chi connectivity index (χ4v) is 1.59. The zero-order valence-electron chi connectivity index (χ0n) is 10.3. The van der Waals surface area contributed by atoms with Gasteiger partial charge in [0, 0.05) is 23.6 Å². The Morgan fingerprint density at radius 3 is 2.69 bits per heavy atom. The van der Waals surface area contributed by atoms with Gasteiger partial charge in [-0.3, -0.25) is 0 Å². The molecule has 1 aromatic heterocycles. The summed E-state index contributed by atoms with van der Waals surface area (Å²) in [5.74, 6) is 0.586. The summed E-state index contributed by atoms with van der Waals surface area (Å²) in [6.45, 7) is 6.49. The first-order valence-electron chi connectivity index (χ1n) is 5.48. The predicted molar refractivity (Wildman–Crippen MR) is 66.0 cm³/mol. The van der Waals surface area contributed by atoms with E-state index in [1.807, 2.05) is 6.07 Å². The first kappa shape index (κ1) is 13.2. The summed E-state index contributed by atoms with van der Waals surface area (Å²) in [6, 6.07) is 1.83. The number of methoxy groups -OCH3 is 1. The zero-order chi connectivity index (χ0) is 12.2. The molecule has 0 N–H and O–H groups in total. The average molecular weight is 243 g/mol. The molecule has 16 heavy (non-hydrogen) atoms. The number of hydrogen-bond donors (Lipinski definition) is 0. The number of nitrogens with zero attached hydrogens (tertiary/aromatic N) is 2. The molecule has 0 spiro atoms. The Morgan fingerprint density at radius 2 is 2.12 bits per heavy atom. The first-order chi connectivity index (χ1) is 7.49. The van der Waals surface area contributed by atoms with Gasteiger partial charge in [-0.15, -0.1) is 11.6 Å². The average Bonchev–Trinajstić information content (AvgIpc) is 2.29. The van der Waals surface area contributed by atoms with Crippen LogP contribution >= 0.6 is 11.6 Å². The minimum absolute atomic E-state index is 0.0668. The Balaban J connectivity index is 2.72. The topological polar surface area (TPSA) is 35.0 Å². The van der Waals surface area contributed by atoms with Crippen molar-refractivity contribution in [2.45, 2.75) is 39.0 Å². The Kier molecular flexibility index (Phi) is 4.54. The molecule has 1 atom stereocenters. The van der Waals surface area contributed by atoms with E-state index in [-0.39, 0.29) is 10.8 Å². The van der Waals surface area contributed by atoms with Crippen molar-refractivity contribution in [1.82, 2.24) is 9.97 Å². The molecule has 0 aliphatic heterocycles. The Bertz CT molecular complexity index is 342. The highest BCUT2D eigenvalue weighted by atomic mass is 35.5. The van der Waals surface area contributed by atoms with E-state index in [9.17, 15) is 0 Å². The van der Waals surface area contributed by atoms with Gasteiger partial charge in [0.1, 0.15) is 6.33 Å². The van der Waals surface area contributed by atoms with Crippen LogP contribution in [0.4, 0.5) is 0 Å². The molecular formula is C12H19ClN2O. The van der Waals surface area contributed by atoms with Crippen molar-refractivity contribution >= 4 is 11.6 Å². The van der Waals surface area contributed by atoms with Crippen LogP contribution in [-0.2, 0) is 6.42 Å². The zero-order valence-corrected chi connectivity index (χ0v) is 11.1. The SMILES string of the molecule is CCC(C)(C)C(Cl)Cc1cc(OC)ncn1. The van der Waals surface area contributed by atoms with Crippen molar-refractivity contribution in [3.8, 4) is 5.88 Å². The highest BCUT2D eigenvalue weighted by Gasteiger charge is 2.26. The fraction of sp³-hybridized carbons (Fsp3) is 0.667. The molecule has 0 saturated heterocycles. The maximum Gasteiger partial charge on any atom is 0.216 e. The van der Waals surface area contributed by atoms with Crippen molar-refractivity contribution in [3.63, 3.8) is 0 Å². The van der Waals surface area contributed by atoms with Crippen LogP contribution in [0.15, 0.2) is 12.4 Å². The van der Waals surface area contributed by atoms with E-state index in [4.69, 9.17) is 16.3 Å². The summed E-state index contributed by atoms with van der Waals surface area (Å²) in [7, 11) is 1.60. The second-order valence-corrected chi connectivity index (χ2v) is 5.09. The predicted octanol–water partition coefficient (Wildman–Crippen LogP) is 3.07. The third kappa shape index (κ3) is 3.34. The summed E-state index contributed by atoms with van der Waals surface area (Å²) in [5, 5.41) is 0.0668. The number of halogens is 1. The van der Waals surface area contributed by atoms with Gasteiger partial charge in [0.2, 0.25) is 5.88 Å². The molecule has 0 bridgehead atoms. The number of ether oxygens (including phenoxy) is 1. The van der Waals surface area contributed by atoms with Gasteiger partial charge >= 0.3 is 0 Å². The molecule has 0 amide bonds. The molecular weight excluding hydrogens is 224 g/mol. The molecule has 0 aromatic carbocycles. The lowest BCUT2D eigenvalue weighted by Crippen LogP contribution is -2.26. The lowest BCUT2D eigenvalue weighted by Gasteiger charge is -2.28. The third-order valence-electron chi connectivity index (χ3n) is 3.06. The van der Waals surface area contributed by atoms with Crippen molar-refractivity contribution in [1.29, 1.82) is 0 Å². The Morgan fingerprint density at radius 1 is 1.44 bits per heavy atom. The number of hydrogen-bond acceptors (Lipinski definition) is 3. The smallest absolute Gasteiger partial charge is 0.216 e. The van der Waals surface area contributed by atoms with Gasteiger partial charge < -0.3 is 4.74 Å². The van der Waals surface area contributed by atoms with Crippen LogP contribution in [0.1, 0.15) is 32.9 Å². The quantitative estimate of drug-likeness (QED) is 0.745. The minimum atomic E-state index is 0.0668. The fourth-order valence-electron chi connectivity index (χ4n) is 1.28. The maximum absolute atomic E-state index is 6.40. The van der Waals surface area contributed by atoms with E-state index in [0.717, 1.165) is 18.5 Å². The third-order valence-corrected chi connectivity index (χ3v) is 3.80. The van der Waals surface area contributed by atoms with Crippen LogP contribution in [0.3, 0.4) is 0 Å². The molecule has 1 heterocycles. The van der Waals surface area contributed by atoms with Crippen LogP contribution < -0.4 is 4.74 Å². The van der Waals surface area contributed by atoms with E-state index >= 15 is 0 Å². The molecule has 0 saturated carbocycles. The van der Waals surface area contributed by atoms with Gasteiger partial charge in [0.15, 0.2) is 0 Å². The van der Waals surface area contributed by atoms with E-state index in [0.29, 0.717) is 5.88 Å². The standard InChI is InChI=1S/C12H19ClN2O/c1-5-12(2,3)10(13)6-9-7-11(16-4)15-8-14-9/h7-8,10H,5-6H2,1-4H3. The Hall–Kier alpha value is -0.830. The van der Waals surface area contributed by atoms with Crippen molar-refractivity contribution in [3.05, 3.63) is 18.1 Å². The molecule has 1 unspecified atom stereocenters. The highest BCUT2D eigenvalue weighted by molar-refractivity contribution is 6.21. The molecule has 3 nitrogen and oxygen atoms in total. The van der Waals surface area contributed by atoms with Crippen LogP contribution in [0.25, 0.3) is 0 Å². The highest BCUT2D eigenvalue weighted by Crippen LogP contribution is 2.31. The molecule has 1 aromatic rings. The Labute approximate surface area is 102 Å². The molecule has 90 valence electrons. The van der Waals surface area contributed by atoms with Crippen LogP contribution in [0.5, 0.6) is 5.88 Å². The second kappa shape index (κ2) is 5.48. The number of rotatable bonds is 5. The molecule has 0 fully saturated rings. The summed E-state index contributed by atoms with van der Waals surface area (Å²) >= 11 is 6.40. The van der Waals surface area contributed by atoms with Crippen LogP contribution in [0.2, 0.25) is 0 Å². The summed E-state index contributed by atoms with van der Waals surface area (Å²) in [5.41, 5.74) is 1.04. The molecule has 0 aliphatic carbocycles. The van der Waals surface area contributed by atoms with Gasteiger partial charge in [0.25, 0.3) is 0 Å². The monoisotopic (exact) mass is 242 g/mol. The van der Waals surface area contributed by atoms with Crippen LogP contribution in [0, 0.1) is 5.41 Å². The van der Waals surface area contributed by atoms with E-state index in [1.54, 1.807) is 7.11 Å². The van der Waals surface area contributed by atoms with Gasteiger partial charge in [-0.2, -0.15) is 0 Å². The van der Waals surface area contributed by atoms with Crippen molar-refractivity contribution in [2.75, 3.05) is 7.11 Å². The number of alkyl halides is 1. The van der Waals surface area contributed by atoms with Gasteiger partial charge in [-0.05, 0) is 11.8 Å². The summed E-state index contributed by atoms with van der Waals surface area (Å²) in [6.07, 6.45) is 3.29. The van der Waals surface area contributed by atoms with Gasteiger partial charge in [-0.25, -0.2) is 9.97 Å². The minimum Gasteiger partial charge on any atom is -0.481 e. The lowest BCUT2D eigenvalue weighted by atomic mass is 9.84. The number of aromatic nitrogens is 2. The first-order valence-corrected chi connectivity index (χ1v) is 5.92. The van der Waals surface area contributed by atoms with E-state index < -0.39 is 0 Å². The van der Waals surface area contributed by atoms with Gasteiger partial charge in [0.05, 0.1) is 7.11 Å². The maximum atomic E-state index is 6.40.